The van der Waals surface area contributed by atoms with Crippen LogP contribution in [0.15, 0.2) is 45.3 Å². The molecule has 0 amide bonds. The van der Waals surface area contributed by atoms with Gasteiger partial charge in [-0.2, -0.15) is 0 Å². The quantitative estimate of drug-likeness (QED) is 0.930. The minimum Gasteiger partial charge on any atom is -0.496 e. The summed E-state index contributed by atoms with van der Waals surface area (Å²) >= 11 is 0. The van der Waals surface area contributed by atoms with Crippen molar-refractivity contribution < 1.29 is 4.74 Å². The molecule has 1 N–H and O–H groups in total. The highest BCUT2D eigenvalue weighted by molar-refractivity contribution is 6.68. The molecule has 3 heterocycles. The smallest absolute Gasteiger partial charge is 0.151 e. The summed E-state index contributed by atoms with van der Waals surface area (Å²) in [5.41, 5.74) is 3.29. The molecule has 0 aliphatic carbocycles. The summed E-state index contributed by atoms with van der Waals surface area (Å²) in [6.07, 6.45) is 6.17. The van der Waals surface area contributed by atoms with E-state index in [-0.39, 0.29) is 5.66 Å². The van der Waals surface area contributed by atoms with E-state index < -0.39 is 0 Å². The highest BCUT2D eigenvalue weighted by Crippen LogP contribution is 2.35. The van der Waals surface area contributed by atoms with Crippen LogP contribution < -0.4 is 10.1 Å². The van der Waals surface area contributed by atoms with Crippen molar-refractivity contribution in [1.29, 1.82) is 0 Å². The number of allylic oxidation sites excluding steroid dienone is 1. The number of rotatable bonds is 3. The van der Waals surface area contributed by atoms with E-state index in [0.29, 0.717) is 5.92 Å². The van der Waals surface area contributed by atoms with Crippen LogP contribution in [0.1, 0.15) is 25.3 Å². The van der Waals surface area contributed by atoms with E-state index >= 15 is 0 Å². The molecular weight excluding hydrogens is 300 g/mol. The van der Waals surface area contributed by atoms with Gasteiger partial charge >= 0.3 is 0 Å². The molecule has 0 aromatic heterocycles. The van der Waals surface area contributed by atoms with Crippen molar-refractivity contribution in [2.24, 2.45) is 20.9 Å². The number of para-hydroxylation sites is 1. The first kappa shape index (κ1) is 15.3. The molecule has 124 valence electrons. The third-order valence-corrected chi connectivity index (χ3v) is 5.07. The number of hydrogen-bond acceptors (Lipinski definition) is 5. The van der Waals surface area contributed by atoms with Gasteiger partial charge < -0.3 is 10.1 Å². The number of nitrogens with zero attached hydrogens (tertiary/aromatic N) is 3. The zero-order valence-corrected chi connectivity index (χ0v) is 14.1. The van der Waals surface area contributed by atoms with Crippen molar-refractivity contribution in [3.8, 4) is 5.75 Å². The maximum atomic E-state index is 5.46. The van der Waals surface area contributed by atoms with E-state index in [2.05, 4.69) is 18.3 Å². The Hall–Kier alpha value is -2.27. The molecule has 1 fully saturated rings. The molecular formula is C19H22N4O. The fraction of sp³-hybridized carbons (Fsp3) is 0.421. The highest BCUT2D eigenvalue weighted by Gasteiger charge is 2.37. The van der Waals surface area contributed by atoms with Crippen LogP contribution >= 0.6 is 0 Å². The number of piperidine rings is 1. The molecule has 1 unspecified atom stereocenters. The summed E-state index contributed by atoms with van der Waals surface area (Å²) < 4.78 is 5.46. The van der Waals surface area contributed by atoms with Crippen LogP contribution in [0.4, 0.5) is 0 Å². The first-order valence-corrected chi connectivity index (χ1v) is 8.49. The van der Waals surface area contributed by atoms with E-state index in [1.54, 1.807) is 7.11 Å². The van der Waals surface area contributed by atoms with Gasteiger partial charge in [-0.05, 0) is 51.1 Å². The van der Waals surface area contributed by atoms with Gasteiger partial charge in [0.1, 0.15) is 11.5 Å². The highest BCUT2D eigenvalue weighted by atomic mass is 16.5. The Balaban J connectivity index is 1.67. The second-order valence-corrected chi connectivity index (χ2v) is 6.60. The van der Waals surface area contributed by atoms with Crippen molar-refractivity contribution in [1.82, 2.24) is 5.32 Å². The topological polar surface area (TPSA) is 58.3 Å². The van der Waals surface area contributed by atoms with E-state index in [4.69, 9.17) is 19.7 Å². The number of hydrogen-bond donors (Lipinski definition) is 1. The van der Waals surface area contributed by atoms with E-state index in [1.807, 2.05) is 30.5 Å². The molecule has 3 aliphatic rings. The lowest BCUT2D eigenvalue weighted by molar-refractivity contribution is 0.244. The number of nitrogens with one attached hydrogen (secondary N) is 1. The third kappa shape index (κ3) is 2.59. The second-order valence-electron chi connectivity index (χ2n) is 6.60. The molecule has 5 heteroatoms. The molecule has 3 aliphatic heterocycles. The van der Waals surface area contributed by atoms with Crippen molar-refractivity contribution in [3.05, 3.63) is 35.9 Å². The zero-order chi connectivity index (χ0) is 16.6. The Bertz CT molecular complexity index is 771. The predicted molar refractivity (Wildman–Crippen MR) is 98.3 cm³/mol. The monoisotopic (exact) mass is 322 g/mol. The van der Waals surface area contributed by atoms with E-state index in [9.17, 15) is 0 Å². The van der Waals surface area contributed by atoms with Crippen LogP contribution in [0.3, 0.4) is 0 Å². The first-order valence-electron chi connectivity index (χ1n) is 8.49. The van der Waals surface area contributed by atoms with Gasteiger partial charge in [0.2, 0.25) is 0 Å². The summed E-state index contributed by atoms with van der Waals surface area (Å²) in [4.78, 5) is 14.4. The van der Waals surface area contributed by atoms with E-state index in [0.717, 1.165) is 54.4 Å². The van der Waals surface area contributed by atoms with Crippen LogP contribution in [0.2, 0.25) is 0 Å². The molecule has 0 spiro atoms. The summed E-state index contributed by atoms with van der Waals surface area (Å²) in [6, 6.07) is 7.93. The average molecular weight is 322 g/mol. The fourth-order valence-corrected chi connectivity index (χ4v) is 3.63. The summed E-state index contributed by atoms with van der Waals surface area (Å²) in [5.74, 6) is 1.30. The number of aliphatic imine (C=N–C) groups is 3. The Labute approximate surface area is 142 Å². The molecule has 24 heavy (non-hydrogen) atoms. The molecule has 1 atom stereocenters. The van der Waals surface area contributed by atoms with Crippen LogP contribution in [0.5, 0.6) is 5.75 Å². The van der Waals surface area contributed by atoms with Gasteiger partial charge in [0, 0.05) is 11.5 Å². The number of benzene rings is 1. The molecule has 1 aromatic carbocycles. The minimum absolute atomic E-state index is 0.372. The molecule has 1 saturated heterocycles. The lowest BCUT2D eigenvalue weighted by atomic mass is 9.85. The van der Waals surface area contributed by atoms with Gasteiger partial charge in [-0.3, -0.25) is 9.98 Å². The van der Waals surface area contributed by atoms with Crippen LogP contribution in [-0.4, -0.2) is 43.5 Å². The molecule has 0 bridgehead atoms. The standard InChI is InChI=1S/C19H22N4O/c1-19(13-7-9-20-10-8-13)21-12-17-16(23-19)11-15(22-17)14-5-3-4-6-18(14)24-2/h3-6,11-13,20H,7-10H2,1-2H3. The Morgan fingerprint density at radius 3 is 2.75 bits per heavy atom. The lowest BCUT2D eigenvalue weighted by Crippen LogP contribution is -2.42. The number of methoxy groups -OCH3 is 1. The fourth-order valence-electron chi connectivity index (χ4n) is 3.63. The van der Waals surface area contributed by atoms with Crippen molar-refractivity contribution >= 4 is 23.3 Å². The van der Waals surface area contributed by atoms with Gasteiger partial charge in [-0.15, -0.1) is 0 Å². The first-order chi connectivity index (χ1) is 11.7. The molecule has 1 aromatic rings. The Kier molecular flexibility index (Phi) is 3.81. The molecule has 4 rings (SSSR count). The Morgan fingerprint density at radius 2 is 1.96 bits per heavy atom. The van der Waals surface area contributed by atoms with Crippen molar-refractivity contribution in [3.63, 3.8) is 0 Å². The summed E-state index contributed by atoms with van der Waals surface area (Å²) in [5, 5.41) is 3.41. The van der Waals surface area contributed by atoms with Gasteiger partial charge in [0.25, 0.3) is 0 Å². The molecule has 0 radical (unpaired) electrons. The normalized spacial score (nSPS) is 26.5. The maximum Gasteiger partial charge on any atom is 0.151 e. The predicted octanol–water partition coefficient (Wildman–Crippen LogP) is 2.73. The van der Waals surface area contributed by atoms with Gasteiger partial charge in [-0.1, -0.05) is 12.1 Å². The van der Waals surface area contributed by atoms with Gasteiger partial charge in [0.15, 0.2) is 5.66 Å². The number of fused-ring (bicyclic) bond motifs is 1. The minimum atomic E-state index is -0.372. The Morgan fingerprint density at radius 1 is 1.17 bits per heavy atom. The second kappa shape index (κ2) is 5.98. The summed E-state index contributed by atoms with van der Waals surface area (Å²) in [6.45, 7) is 4.23. The van der Waals surface area contributed by atoms with Crippen LogP contribution in [0, 0.1) is 5.92 Å². The van der Waals surface area contributed by atoms with Gasteiger partial charge in [-0.25, -0.2) is 4.99 Å². The van der Waals surface area contributed by atoms with Crippen LogP contribution in [-0.2, 0) is 0 Å². The van der Waals surface area contributed by atoms with Gasteiger partial charge in [0.05, 0.1) is 24.7 Å². The maximum absolute atomic E-state index is 5.46. The lowest BCUT2D eigenvalue weighted by Gasteiger charge is -2.35. The summed E-state index contributed by atoms with van der Waals surface area (Å²) in [7, 11) is 1.68. The number of ether oxygens (including phenoxy) is 1. The average Bonchev–Trinajstić information content (AvgIpc) is 3.05. The zero-order valence-electron chi connectivity index (χ0n) is 14.1. The molecule has 5 nitrogen and oxygen atoms in total. The van der Waals surface area contributed by atoms with Crippen LogP contribution in [0.25, 0.3) is 5.70 Å². The van der Waals surface area contributed by atoms with Crippen molar-refractivity contribution in [2.75, 3.05) is 20.2 Å². The molecule has 0 saturated carbocycles. The van der Waals surface area contributed by atoms with Crippen molar-refractivity contribution in [2.45, 2.75) is 25.4 Å². The van der Waals surface area contributed by atoms with E-state index in [1.165, 1.54) is 0 Å². The largest absolute Gasteiger partial charge is 0.496 e. The third-order valence-electron chi connectivity index (χ3n) is 5.07. The SMILES string of the molecule is COc1ccccc1C1=CC2=NC(C)(C3CCNCC3)N=CC2=N1.